The van der Waals surface area contributed by atoms with E-state index in [9.17, 15) is 0 Å². The van der Waals surface area contributed by atoms with Crippen LogP contribution in [0.4, 0.5) is 0 Å². The number of halogens is 2. The van der Waals surface area contributed by atoms with E-state index in [0.29, 0.717) is 0 Å². The van der Waals surface area contributed by atoms with Crippen LogP contribution in [0.1, 0.15) is 18.9 Å². The molecular weight excluding hydrogens is 273 g/mol. The second-order valence-electron chi connectivity index (χ2n) is 3.27. The minimum absolute atomic E-state index is 0.815. The van der Waals surface area contributed by atoms with Crippen LogP contribution in [0.15, 0.2) is 34.8 Å². The topological polar surface area (TPSA) is 12.0 Å². The molecule has 0 aliphatic rings. The average Bonchev–Trinajstić information content (AvgIpc) is 2.23. The van der Waals surface area contributed by atoms with Crippen molar-refractivity contribution in [2.45, 2.75) is 19.9 Å². The van der Waals surface area contributed by atoms with Crippen molar-refractivity contribution in [1.82, 2.24) is 5.32 Å². The third kappa shape index (κ3) is 4.83. The van der Waals surface area contributed by atoms with Gasteiger partial charge in [0.15, 0.2) is 0 Å². The van der Waals surface area contributed by atoms with Gasteiger partial charge >= 0.3 is 0 Å². The summed E-state index contributed by atoms with van der Waals surface area (Å²) in [7, 11) is 0. The first-order valence-electron chi connectivity index (χ1n) is 5.00. The maximum Gasteiger partial charge on any atom is 0.0451 e. The number of nitrogens with one attached hydrogen (secondary N) is 1. The summed E-state index contributed by atoms with van der Waals surface area (Å²) < 4.78 is 1.07. The lowest BCUT2D eigenvalue weighted by molar-refractivity contribution is 0.695. The monoisotopic (exact) mass is 287 g/mol. The molecule has 0 unspecified atom stereocenters. The highest BCUT2D eigenvalue weighted by atomic mass is 79.9. The van der Waals surface area contributed by atoms with Crippen LogP contribution in [-0.4, -0.2) is 6.54 Å². The molecule has 1 rings (SSSR count). The van der Waals surface area contributed by atoms with Gasteiger partial charge in [-0.25, -0.2) is 0 Å². The van der Waals surface area contributed by atoms with Crippen molar-refractivity contribution in [3.05, 3.63) is 45.4 Å². The zero-order valence-electron chi connectivity index (χ0n) is 8.76. The van der Waals surface area contributed by atoms with Crippen LogP contribution in [0, 0.1) is 0 Å². The fourth-order valence-electron chi connectivity index (χ4n) is 1.25. The van der Waals surface area contributed by atoms with Crippen molar-refractivity contribution < 1.29 is 0 Å². The Morgan fingerprint density at radius 3 is 3.00 bits per heavy atom. The summed E-state index contributed by atoms with van der Waals surface area (Å²) in [5.41, 5.74) is 1.13. The summed E-state index contributed by atoms with van der Waals surface area (Å²) in [5, 5.41) is 4.16. The first kappa shape index (κ1) is 12.8. The van der Waals surface area contributed by atoms with Gasteiger partial charge in [0.1, 0.15) is 0 Å². The number of hydrogen-bond donors (Lipinski definition) is 1. The Balaban J connectivity index is 2.40. The molecule has 1 nitrogen and oxygen atoms in total. The smallest absolute Gasteiger partial charge is 0.0451 e. The molecule has 15 heavy (non-hydrogen) atoms. The van der Waals surface area contributed by atoms with Crippen molar-refractivity contribution in [3.63, 3.8) is 0 Å². The number of benzene rings is 1. The quantitative estimate of drug-likeness (QED) is 0.634. The molecule has 1 aromatic rings. The van der Waals surface area contributed by atoms with E-state index in [0.717, 1.165) is 34.6 Å². The second-order valence-corrected chi connectivity index (χ2v) is 4.59. The number of hydrogen-bond acceptors (Lipinski definition) is 1. The van der Waals surface area contributed by atoms with E-state index in [-0.39, 0.29) is 0 Å². The zero-order chi connectivity index (χ0) is 11.1. The molecule has 82 valence electrons. The second kappa shape index (κ2) is 7.04. The summed E-state index contributed by atoms with van der Waals surface area (Å²) in [6.07, 6.45) is 5.27. The van der Waals surface area contributed by atoms with Crippen LogP contribution in [0.5, 0.6) is 0 Å². The van der Waals surface area contributed by atoms with Gasteiger partial charge in [-0.2, -0.15) is 0 Å². The fraction of sp³-hybridized carbons (Fsp3) is 0.333. The van der Waals surface area contributed by atoms with Crippen LogP contribution in [0.3, 0.4) is 0 Å². The van der Waals surface area contributed by atoms with Gasteiger partial charge < -0.3 is 5.32 Å². The molecule has 0 atom stereocenters. The Morgan fingerprint density at radius 2 is 2.27 bits per heavy atom. The lowest BCUT2D eigenvalue weighted by atomic mass is 10.2. The molecule has 0 saturated carbocycles. The van der Waals surface area contributed by atoms with Crippen molar-refractivity contribution in [2.75, 3.05) is 6.54 Å². The molecule has 0 aliphatic carbocycles. The summed E-state index contributed by atoms with van der Waals surface area (Å²) in [5.74, 6) is 0. The molecule has 0 aliphatic heterocycles. The predicted molar refractivity (Wildman–Crippen MR) is 70.3 cm³/mol. The minimum atomic E-state index is 0.815. The summed E-state index contributed by atoms with van der Waals surface area (Å²) >= 11 is 9.49. The Morgan fingerprint density at radius 1 is 1.47 bits per heavy atom. The van der Waals surface area contributed by atoms with Gasteiger partial charge in [0.2, 0.25) is 0 Å². The summed E-state index contributed by atoms with van der Waals surface area (Å²) in [6.45, 7) is 3.83. The van der Waals surface area contributed by atoms with Crippen molar-refractivity contribution in [2.24, 2.45) is 0 Å². The third-order valence-corrected chi connectivity index (χ3v) is 2.91. The SMILES string of the molecule is C/C=C/CCNCc1cc(Br)ccc1Cl. The van der Waals surface area contributed by atoms with Gasteiger partial charge in [-0.15, -0.1) is 0 Å². The van der Waals surface area contributed by atoms with E-state index in [1.165, 1.54) is 0 Å². The van der Waals surface area contributed by atoms with Crippen LogP contribution >= 0.6 is 27.5 Å². The number of rotatable bonds is 5. The van der Waals surface area contributed by atoms with Crippen LogP contribution in [-0.2, 0) is 6.54 Å². The maximum absolute atomic E-state index is 6.06. The van der Waals surface area contributed by atoms with Gasteiger partial charge in [-0.1, -0.05) is 39.7 Å². The van der Waals surface area contributed by atoms with Crippen LogP contribution in [0.25, 0.3) is 0 Å². The molecule has 0 aromatic heterocycles. The minimum Gasteiger partial charge on any atom is -0.312 e. The Hall–Kier alpha value is -0.310. The lowest BCUT2D eigenvalue weighted by Crippen LogP contribution is -2.14. The highest BCUT2D eigenvalue weighted by Crippen LogP contribution is 2.20. The molecule has 3 heteroatoms. The van der Waals surface area contributed by atoms with E-state index in [4.69, 9.17) is 11.6 Å². The standard InChI is InChI=1S/C12H15BrClN/c1-2-3-4-7-15-9-10-8-11(13)5-6-12(10)14/h2-3,5-6,8,15H,4,7,9H2,1H3/b3-2+. The first-order chi connectivity index (χ1) is 7.24. The molecule has 0 amide bonds. The molecule has 0 spiro atoms. The van der Waals surface area contributed by atoms with E-state index in [1.807, 2.05) is 25.1 Å². The number of allylic oxidation sites excluding steroid dienone is 1. The van der Waals surface area contributed by atoms with E-state index >= 15 is 0 Å². The van der Waals surface area contributed by atoms with Gasteiger partial charge in [-0.3, -0.25) is 0 Å². The van der Waals surface area contributed by atoms with E-state index < -0.39 is 0 Å². The normalized spacial score (nSPS) is 11.1. The van der Waals surface area contributed by atoms with Crippen LogP contribution in [0.2, 0.25) is 5.02 Å². The molecule has 1 aromatic carbocycles. The van der Waals surface area contributed by atoms with Crippen LogP contribution < -0.4 is 5.32 Å². The van der Waals surface area contributed by atoms with Gasteiger partial charge in [0.25, 0.3) is 0 Å². The average molecular weight is 289 g/mol. The largest absolute Gasteiger partial charge is 0.312 e. The molecule has 0 radical (unpaired) electrons. The summed E-state index contributed by atoms with van der Waals surface area (Å²) in [6, 6.07) is 5.91. The molecule has 0 heterocycles. The van der Waals surface area contributed by atoms with Crippen molar-refractivity contribution >= 4 is 27.5 Å². The molecule has 0 bridgehead atoms. The van der Waals surface area contributed by atoms with Crippen molar-refractivity contribution in [1.29, 1.82) is 0 Å². The molecule has 0 saturated heterocycles. The fourth-order valence-corrected chi connectivity index (χ4v) is 1.85. The zero-order valence-corrected chi connectivity index (χ0v) is 11.1. The molecule has 0 fully saturated rings. The van der Waals surface area contributed by atoms with E-state index in [1.54, 1.807) is 0 Å². The highest BCUT2D eigenvalue weighted by molar-refractivity contribution is 9.10. The highest BCUT2D eigenvalue weighted by Gasteiger charge is 1.99. The van der Waals surface area contributed by atoms with E-state index in [2.05, 4.69) is 33.4 Å². The molecule has 1 N–H and O–H groups in total. The molecular formula is C12H15BrClN. The Kier molecular flexibility index (Phi) is 5.99. The third-order valence-electron chi connectivity index (χ3n) is 2.05. The van der Waals surface area contributed by atoms with Gasteiger partial charge in [0.05, 0.1) is 0 Å². The summed E-state index contributed by atoms with van der Waals surface area (Å²) in [4.78, 5) is 0. The maximum atomic E-state index is 6.06. The first-order valence-corrected chi connectivity index (χ1v) is 6.17. The predicted octanol–water partition coefficient (Wildman–Crippen LogP) is 4.16. The Labute approximate surface area is 105 Å². The lowest BCUT2D eigenvalue weighted by Gasteiger charge is -2.06. The van der Waals surface area contributed by atoms with Gasteiger partial charge in [0, 0.05) is 16.0 Å². The van der Waals surface area contributed by atoms with Crippen molar-refractivity contribution in [3.8, 4) is 0 Å². The Bertz CT molecular complexity index is 336. The van der Waals surface area contributed by atoms with Gasteiger partial charge in [-0.05, 0) is 43.7 Å².